The predicted octanol–water partition coefficient (Wildman–Crippen LogP) is 3.29. The molecule has 0 aromatic heterocycles. The molecule has 0 bridgehead atoms. The average Bonchev–Trinajstić information content (AvgIpc) is 2.36. The molecule has 0 aliphatic heterocycles. The van der Waals surface area contributed by atoms with E-state index in [1.807, 2.05) is 25.2 Å². The van der Waals surface area contributed by atoms with Gasteiger partial charge in [0.25, 0.3) is 5.91 Å². The zero-order chi connectivity index (χ0) is 13.5. The summed E-state index contributed by atoms with van der Waals surface area (Å²) in [4.78, 5) is 14.0. The molecule has 0 fully saturated rings. The van der Waals surface area contributed by atoms with E-state index < -0.39 is 0 Å². The standard InChI is InChI=1S/C13H17BrINO2/c1-16(7-3-2-4-8-17)13(18)11-9-10(15)5-6-12(11)14/h5-6,9,17H,2-4,7-8H2,1H3. The van der Waals surface area contributed by atoms with Crippen molar-refractivity contribution in [3.05, 3.63) is 31.8 Å². The molecule has 0 saturated carbocycles. The second-order valence-corrected chi connectivity index (χ2v) is 6.24. The molecule has 100 valence electrons. The average molecular weight is 426 g/mol. The van der Waals surface area contributed by atoms with Crippen LogP contribution in [0.1, 0.15) is 29.6 Å². The number of benzene rings is 1. The van der Waals surface area contributed by atoms with Gasteiger partial charge in [0.1, 0.15) is 0 Å². The number of aliphatic hydroxyl groups excluding tert-OH is 1. The maximum atomic E-state index is 12.2. The fraction of sp³-hybridized carbons (Fsp3) is 0.462. The van der Waals surface area contributed by atoms with E-state index in [0.717, 1.165) is 33.9 Å². The SMILES string of the molecule is CN(CCCCCO)C(=O)c1cc(I)ccc1Br. The Balaban J connectivity index is 2.60. The third-order valence-corrected chi connectivity index (χ3v) is 4.02. The van der Waals surface area contributed by atoms with Gasteiger partial charge in [-0.15, -0.1) is 0 Å². The van der Waals surface area contributed by atoms with Gasteiger partial charge in [0.05, 0.1) is 5.56 Å². The second kappa shape index (κ2) is 8.12. The lowest BCUT2D eigenvalue weighted by Gasteiger charge is -2.18. The topological polar surface area (TPSA) is 40.5 Å². The van der Waals surface area contributed by atoms with Crippen LogP contribution < -0.4 is 0 Å². The molecule has 0 aliphatic rings. The van der Waals surface area contributed by atoms with Crippen LogP contribution in [0.3, 0.4) is 0 Å². The maximum Gasteiger partial charge on any atom is 0.254 e. The number of rotatable bonds is 6. The van der Waals surface area contributed by atoms with E-state index in [1.54, 1.807) is 4.90 Å². The first-order chi connectivity index (χ1) is 8.56. The normalized spacial score (nSPS) is 10.4. The number of halogens is 2. The van der Waals surface area contributed by atoms with E-state index in [4.69, 9.17) is 5.11 Å². The third-order valence-electron chi connectivity index (χ3n) is 2.66. The van der Waals surface area contributed by atoms with Gasteiger partial charge in [0.15, 0.2) is 0 Å². The molecular weight excluding hydrogens is 409 g/mol. The molecule has 0 aliphatic carbocycles. The molecule has 0 atom stereocenters. The number of aliphatic hydroxyl groups is 1. The molecule has 1 amide bonds. The molecule has 0 saturated heterocycles. The summed E-state index contributed by atoms with van der Waals surface area (Å²) in [5.74, 6) is 0.0318. The summed E-state index contributed by atoms with van der Waals surface area (Å²) in [5.41, 5.74) is 0.701. The first-order valence-electron chi connectivity index (χ1n) is 5.87. The molecule has 18 heavy (non-hydrogen) atoms. The summed E-state index contributed by atoms with van der Waals surface area (Å²) in [6, 6.07) is 5.74. The van der Waals surface area contributed by atoms with Gasteiger partial charge >= 0.3 is 0 Å². The van der Waals surface area contributed by atoms with E-state index in [0.29, 0.717) is 5.56 Å². The maximum absolute atomic E-state index is 12.2. The Hall–Kier alpha value is -0.140. The molecule has 1 N–H and O–H groups in total. The van der Waals surface area contributed by atoms with Crippen LogP contribution in [-0.4, -0.2) is 36.1 Å². The lowest BCUT2D eigenvalue weighted by molar-refractivity contribution is 0.0791. The molecule has 5 heteroatoms. The number of hydrogen-bond donors (Lipinski definition) is 1. The van der Waals surface area contributed by atoms with Crippen molar-refractivity contribution in [1.82, 2.24) is 4.90 Å². The van der Waals surface area contributed by atoms with Crippen LogP contribution in [0.2, 0.25) is 0 Å². The second-order valence-electron chi connectivity index (χ2n) is 4.14. The molecule has 1 aromatic carbocycles. The van der Waals surface area contributed by atoms with Crippen LogP contribution in [0.15, 0.2) is 22.7 Å². The Kier molecular flexibility index (Phi) is 7.18. The van der Waals surface area contributed by atoms with Gasteiger partial charge in [0.2, 0.25) is 0 Å². The Morgan fingerprint density at radius 3 is 2.78 bits per heavy atom. The quantitative estimate of drug-likeness (QED) is 0.561. The van der Waals surface area contributed by atoms with Gasteiger partial charge in [-0.1, -0.05) is 0 Å². The minimum atomic E-state index is 0.0318. The highest BCUT2D eigenvalue weighted by molar-refractivity contribution is 14.1. The first-order valence-corrected chi connectivity index (χ1v) is 7.75. The molecule has 1 aromatic rings. The van der Waals surface area contributed by atoms with Gasteiger partial charge in [-0.2, -0.15) is 0 Å². The van der Waals surface area contributed by atoms with Crippen molar-refractivity contribution in [2.24, 2.45) is 0 Å². The number of hydrogen-bond acceptors (Lipinski definition) is 2. The van der Waals surface area contributed by atoms with Crippen LogP contribution in [0.4, 0.5) is 0 Å². The summed E-state index contributed by atoms with van der Waals surface area (Å²) >= 11 is 5.61. The van der Waals surface area contributed by atoms with Crippen molar-refractivity contribution in [1.29, 1.82) is 0 Å². The van der Waals surface area contributed by atoms with Gasteiger partial charge < -0.3 is 10.0 Å². The predicted molar refractivity (Wildman–Crippen MR) is 84.8 cm³/mol. The van der Waals surface area contributed by atoms with Gasteiger partial charge in [0, 0.05) is 28.2 Å². The molecule has 3 nitrogen and oxygen atoms in total. The zero-order valence-corrected chi connectivity index (χ0v) is 14.1. The van der Waals surface area contributed by atoms with Crippen LogP contribution in [-0.2, 0) is 0 Å². The number of carbonyl (C=O) groups excluding carboxylic acids is 1. The van der Waals surface area contributed by atoms with Gasteiger partial charge in [-0.25, -0.2) is 0 Å². The third kappa shape index (κ3) is 4.85. The van der Waals surface area contributed by atoms with Crippen molar-refractivity contribution >= 4 is 44.4 Å². The Labute approximate surface area is 130 Å². The smallest absolute Gasteiger partial charge is 0.254 e. The Bertz CT molecular complexity index is 412. The van der Waals surface area contributed by atoms with E-state index in [9.17, 15) is 4.79 Å². The van der Waals surface area contributed by atoms with Crippen molar-refractivity contribution in [2.45, 2.75) is 19.3 Å². The summed E-state index contributed by atoms with van der Waals surface area (Å²) in [7, 11) is 1.81. The summed E-state index contributed by atoms with van der Waals surface area (Å²) in [5, 5.41) is 8.70. The first kappa shape index (κ1) is 15.9. The monoisotopic (exact) mass is 425 g/mol. The lowest BCUT2D eigenvalue weighted by Crippen LogP contribution is -2.28. The van der Waals surface area contributed by atoms with E-state index in [2.05, 4.69) is 38.5 Å². The van der Waals surface area contributed by atoms with Crippen LogP contribution >= 0.6 is 38.5 Å². The Morgan fingerprint density at radius 2 is 2.11 bits per heavy atom. The highest BCUT2D eigenvalue weighted by Crippen LogP contribution is 2.21. The molecule has 1 rings (SSSR count). The summed E-state index contributed by atoms with van der Waals surface area (Å²) < 4.78 is 1.88. The van der Waals surface area contributed by atoms with Crippen LogP contribution in [0.25, 0.3) is 0 Å². The van der Waals surface area contributed by atoms with E-state index >= 15 is 0 Å². The van der Waals surface area contributed by atoms with Gasteiger partial charge in [-0.3, -0.25) is 4.79 Å². The van der Waals surface area contributed by atoms with Crippen LogP contribution in [0.5, 0.6) is 0 Å². The highest BCUT2D eigenvalue weighted by atomic mass is 127. The number of amides is 1. The molecule has 0 radical (unpaired) electrons. The molecular formula is C13H17BrINO2. The minimum absolute atomic E-state index is 0.0318. The summed E-state index contributed by atoms with van der Waals surface area (Å²) in [6.45, 7) is 0.941. The summed E-state index contributed by atoms with van der Waals surface area (Å²) in [6.07, 6.45) is 2.67. The van der Waals surface area contributed by atoms with Gasteiger partial charge in [-0.05, 0) is 76.0 Å². The number of unbranched alkanes of at least 4 members (excludes halogenated alkanes) is 2. The van der Waals surface area contributed by atoms with E-state index in [-0.39, 0.29) is 12.5 Å². The molecule has 0 spiro atoms. The van der Waals surface area contributed by atoms with Crippen molar-refractivity contribution in [3.8, 4) is 0 Å². The Morgan fingerprint density at radius 1 is 1.39 bits per heavy atom. The van der Waals surface area contributed by atoms with Crippen LogP contribution in [0, 0.1) is 3.57 Å². The number of carbonyl (C=O) groups is 1. The molecule has 0 unspecified atom stereocenters. The highest BCUT2D eigenvalue weighted by Gasteiger charge is 2.14. The largest absolute Gasteiger partial charge is 0.396 e. The van der Waals surface area contributed by atoms with E-state index in [1.165, 1.54) is 0 Å². The van der Waals surface area contributed by atoms with Crippen molar-refractivity contribution in [3.63, 3.8) is 0 Å². The zero-order valence-electron chi connectivity index (χ0n) is 10.3. The lowest BCUT2D eigenvalue weighted by atomic mass is 10.2. The minimum Gasteiger partial charge on any atom is -0.396 e. The van der Waals surface area contributed by atoms with Crippen molar-refractivity contribution < 1.29 is 9.90 Å². The van der Waals surface area contributed by atoms with Crippen molar-refractivity contribution in [2.75, 3.05) is 20.2 Å². The fourth-order valence-electron chi connectivity index (χ4n) is 1.61. The number of nitrogens with zero attached hydrogens (tertiary/aromatic N) is 1. The molecule has 0 heterocycles. The fourth-order valence-corrected chi connectivity index (χ4v) is 2.51.